The van der Waals surface area contributed by atoms with E-state index in [0.717, 1.165) is 13.0 Å². The maximum atomic E-state index is 6.15. The summed E-state index contributed by atoms with van der Waals surface area (Å²) in [5.74, 6) is 3.07. The van der Waals surface area contributed by atoms with Gasteiger partial charge in [0.1, 0.15) is 0 Å². The molecule has 0 aliphatic carbocycles. The molecule has 0 radical (unpaired) electrons. The number of hydrogen-bond acceptors (Lipinski definition) is 4. The van der Waals surface area contributed by atoms with Crippen molar-refractivity contribution in [2.24, 2.45) is 5.92 Å². The number of hydrogen-bond donors (Lipinski definition) is 1. The van der Waals surface area contributed by atoms with Gasteiger partial charge in [0.05, 0.1) is 5.60 Å². The number of rotatable bonds is 3. The Morgan fingerprint density at radius 2 is 2.40 bits per heavy atom. The summed E-state index contributed by atoms with van der Waals surface area (Å²) in [6, 6.07) is 2.66. The highest BCUT2D eigenvalue weighted by Crippen LogP contribution is 2.43. The van der Waals surface area contributed by atoms with Crippen LogP contribution in [0.3, 0.4) is 0 Å². The summed E-state index contributed by atoms with van der Waals surface area (Å²) in [5.41, 5.74) is 2.71. The molecule has 1 aromatic heterocycles. The van der Waals surface area contributed by atoms with E-state index in [4.69, 9.17) is 4.74 Å². The van der Waals surface area contributed by atoms with Gasteiger partial charge in [-0.25, -0.2) is 0 Å². The number of aryl methyl sites for hydroxylation is 1. The molecule has 3 heterocycles. The Morgan fingerprint density at radius 1 is 1.50 bits per heavy atom. The van der Waals surface area contributed by atoms with E-state index in [1.165, 1.54) is 35.5 Å². The predicted octanol–water partition coefficient (Wildman–Crippen LogP) is 2.95. The molecule has 1 spiro atoms. The lowest BCUT2D eigenvalue weighted by atomic mass is 9.79. The molecule has 2 fully saturated rings. The van der Waals surface area contributed by atoms with Crippen molar-refractivity contribution >= 4 is 11.8 Å². The molecule has 0 bridgehead atoms. The molecule has 0 amide bonds. The lowest BCUT2D eigenvalue weighted by molar-refractivity contribution is -0.0850. The van der Waals surface area contributed by atoms with Crippen LogP contribution >= 0.6 is 11.8 Å². The van der Waals surface area contributed by atoms with Crippen LogP contribution in [0.4, 0.5) is 0 Å². The topological polar surface area (TPSA) is 34.2 Å². The molecule has 0 saturated carbocycles. The predicted molar refractivity (Wildman–Crippen MR) is 84.1 cm³/mol. The molecule has 3 unspecified atom stereocenters. The van der Waals surface area contributed by atoms with Crippen molar-refractivity contribution in [3.8, 4) is 0 Å². The first-order valence-electron chi connectivity index (χ1n) is 7.53. The molecule has 20 heavy (non-hydrogen) atoms. The van der Waals surface area contributed by atoms with Gasteiger partial charge >= 0.3 is 0 Å². The summed E-state index contributed by atoms with van der Waals surface area (Å²) < 4.78 is 6.15. The molecule has 2 saturated heterocycles. The Morgan fingerprint density at radius 3 is 3.10 bits per heavy atom. The van der Waals surface area contributed by atoms with Crippen LogP contribution < -0.4 is 5.32 Å². The van der Waals surface area contributed by atoms with Gasteiger partial charge in [-0.2, -0.15) is 11.8 Å². The number of thioether (sulfide) groups is 1. The zero-order valence-corrected chi connectivity index (χ0v) is 13.2. The average Bonchev–Trinajstić information content (AvgIpc) is 2.88. The van der Waals surface area contributed by atoms with Crippen molar-refractivity contribution in [1.29, 1.82) is 0 Å². The average molecular weight is 292 g/mol. The van der Waals surface area contributed by atoms with Crippen molar-refractivity contribution in [3.05, 3.63) is 29.6 Å². The second-order valence-corrected chi connectivity index (χ2v) is 7.25. The lowest BCUT2D eigenvalue weighted by Gasteiger charge is -2.41. The van der Waals surface area contributed by atoms with E-state index in [1.54, 1.807) is 0 Å². The first kappa shape index (κ1) is 14.4. The van der Waals surface area contributed by atoms with E-state index in [9.17, 15) is 0 Å². The Labute approximate surface area is 125 Å². The van der Waals surface area contributed by atoms with Gasteiger partial charge in [0.2, 0.25) is 0 Å². The molecular formula is C16H24N2OS. The van der Waals surface area contributed by atoms with Crippen LogP contribution in [0.25, 0.3) is 0 Å². The summed E-state index contributed by atoms with van der Waals surface area (Å²) >= 11 is 2.04. The smallest absolute Gasteiger partial charge is 0.0783 e. The van der Waals surface area contributed by atoms with Crippen molar-refractivity contribution in [1.82, 2.24) is 10.3 Å². The standard InChI is InChI=1S/C16H24N2OS/c1-12-7-14(10-18-9-12)15(17-2)13-3-5-19-16(8-13)4-6-20-11-16/h7,9-10,13,15,17H,3-6,8,11H2,1-2H3. The SMILES string of the molecule is CNC(c1cncc(C)c1)C1CCOC2(CCSC2)C1. The summed E-state index contributed by atoms with van der Waals surface area (Å²) in [6.07, 6.45) is 7.48. The monoisotopic (exact) mass is 292 g/mol. The van der Waals surface area contributed by atoms with Crippen molar-refractivity contribution in [3.63, 3.8) is 0 Å². The molecule has 110 valence electrons. The number of ether oxygens (including phenoxy) is 1. The fourth-order valence-electron chi connectivity index (χ4n) is 3.64. The molecule has 3 nitrogen and oxygen atoms in total. The van der Waals surface area contributed by atoms with Crippen LogP contribution in [0.2, 0.25) is 0 Å². The second-order valence-electron chi connectivity index (χ2n) is 6.15. The summed E-state index contributed by atoms with van der Waals surface area (Å²) in [4.78, 5) is 4.36. The minimum atomic E-state index is 0.153. The van der Waals surface area contributed by atoms with Crippen LogP contribution in [-0.2, 0) is 4.74 Å². The highest BCUT2D eigenvalue weighted by Gasteiger charge is 2.42. The molecule has 1 aromatic rings. The largest absolute Gasteiger partial charge is 0.374 e. The van der Waals surface area contributed by atoms with Crippen molar-refractivity contribution in [2.75, 3.05) is 25.2 Å². The summed E-state index contributed by atoms with van der Waals surface area (Å²) in [6.45, 7) is 3.02. The number of nitrogens with zero attached hydrogens (tertiary/aromatic N) is 1. The van der Waals surface area contributed by atoms with Gasteiger partial charge in [-0.05, 0) is 56.0 Å². The summed E-state index contributed by atoms with van der Waals surface area (Å²) in [7, 11) is 2.07. The van der Waals surface area contributed by atoms with Gasteiger partial charge in [-0.1, -0.05) is 6.07 Å². The molecule has 2 aliphatic rings. The first-order chi connectivity index (χ1) is 9.72. The van der Waals surface area contributed by atoms with Crippen molar-refractivity contribution < 1.29 is 4.74 Å². The normalized spacial score (nSPS) is 31.6. The first-order valence-corrected chi connectivity index (χ1v) is 8.68. The minimum Gasteiger partial charge on any atom is -0.374 e. The lowest BCUT2D eigenvalue weighted by Crippen LogP contribution is -2.43. The van der Waals surface area contributed by atoms with Gasteiger partial charge < -0.3 is 10.1 Å². The van der Waals surface area contributed by atoms with E-state index in [-0.39, 0.29) is 5.60 Å². The van der Waals surface area contributed by atoms with E-state index in [2.05, 4.69) is 30.3 Å². The maximum Gasteiger partial charge on any atom is 0.0783 e. The Bertz CT molecular complexity index is 460. The Kier molecular flexibility index (Phi) is 4.34. The van der Waals surface area contributed by atoms with E-state index >= 15 is 0 Å². The van der Waals surface area contributed by atoms with Gasteiger partial charge in [0.25, 0.3) is 0 Å². The Hall–Kier alpha value is -0.580. The highest BCUT2D eigenvalue weighted by molar-refractivity contribution is 7.99. The van der Waals surface area contributed by atoms with Gasteiger partial charge in [-0.15, -0.1) is 0 Å². The molecule has 1 N–H and O–H groups in total. The van der Waals surface area contributed by atoms with E-state index in [1.807, 2.05) is 24.2 Å². The fraction of sp³-hybridized carbons (Fsp3) is 0.688. The van der Waals surface area contributed by atoms with Gasteiger partial charge in [-0.3, -0.25) is 4.98 Å². The molecule has 3 rings (SSSR count). The van der Waals surface area contributed by atoms with Gasteiger partial charge in [0.15, 0.2) is 0 Å². The number of pyridine rings is 1. The molecule has 4 heteroatoms. The van der Waals surface area contributed by atoms with Crippen LogP contribution in [0.5, 0.6) is 0 Å². The zero-order chi connectivity index (χ0) is 14.0. The second kappa shape index (κ2) is 6.04. The van der Waals surface area contributed by atoms with Crippen LogP contribution in [0.15, 0.2) is 18.5 Å². The van der Waals surface area contributed by atoms with E-state index in [0.29, 0.717) is 12.0 Å². The highest BCUT2D eigenvalue weighted by atomic mass is 32.2. The summed E-state index contributed by atoms with van der Waals surface area (Å²) in [5, 5.41) is 3.52. The minimum absolute atomic E-state index is 0.153. The third-order valence-corrected chi connectivity index (χ3v) is 5.86. The Balaban J connectivity index is 1.78. The molecule has 2 aliphatic heterocycles. The molecule has 3 atom stereocenters. The zero-order valence-electron chi connectivity index (χ0n) is 12.4. The molecule has 0 aromatic carbocycles. The fourth-order valence-corrected chi connectivity index (χ4v) is 5.01. The number of nitrogens with one attached hydrogen (secondary N) is 1. The third-order valence-electron chi connectivity index (χ3n) is 4.64. The molecular weight excluding hydrogens is 268 g/mol. The maximum absolute atomic E-state index is 6.15. The third kappa shape index (κ3) is 2.87. The quantitative estimate of drug-likeness (QED) is 0.929. The van der Waals surface area contributed by atoms with Gasteiger partial charge in [0, 0.05) is 30.8 Å². The number of aromatic nitrogens is 1. The van der Waals surface area contributed by atoms with E-state index < -0.39 is 0 Å². The van der Waals surface area contributed by atoms with Crippen LogP contribution in [0.1, 0.15) is 36.4 Å². The van der Waals surface area contributed by atoms with Crippen LogP contribution in [0, 0.1) is 12.8 Å². The van der Waals surface area contributed by atoms with Crippen LogP contribution in [-0.4, -0.2) is 35.7 Å². The van der Waals surface area contributed by atoms with Crippen molar-refractivity contribution in [2.45, 2.75) is 37.8 Å².